The number of hydrogen-bond donors (Lipinski definition) is 4. The van der Waals surface area contributed by atoms with E-state index in [1.807, 2.05) is 35.6 Å². The van der Waals surface area contributed by atoms with E-state index in [0.29, 0.717) is 6.61 Å². The van der Waals surface area contributed by atoms with Crippen LogP contribution in [0.25, 0.3) is 21.0 Å². The molecule has 4 N–H and O–H groups in total. The number of anilines is 1. The smallest absolute Gasteiger partial charge is 0.466 e. The highest BCUT2D eigenvalue weighted by Crippen LogP contribution is 2.31. The molecule has 0 spiro atoms. The number of fused-ring (bicyclic) bond motifs is 2. The molecule has 0 atom stereocenters. The summed E-state index contributed by atoms with van der Waals surface area (Å²) in [5.41, 5.74) is 2.11. The molecule has 0 amide bonds. The summed E-state index contributed by atoms with van der Waals surface area (Å²) < 4.78 is 16.2. The average Bonchev–Trinajstić information content (AvgIpc) is 3.32. The molecule has 0 aliphatic carbocycles. The van der Waals surface area contributed by atoms with Gasteiger partial charge in [-0.2, -0.15) is 0 Å². The van der Waals surface area contributed by atoms with Gasteiger partial charge in [-0.15, -0.1) is 11.3 Å². The molecular weight excluding hydrogens is 501 g/mol. The number of unbranched alkanes of at least 4 members (excludes halogenated alkanes) is 1. The Morgan fingerprint density at radius 3 is 2.50 bits per heavy atom. The Balaban J connectivity index is 0.000000556. The van der Waals surface area contributed by atoms with Gasteiger partial charge in [-0.3, -0.25) is 9.69 Å². The molecule has 1 aliphatic rings. The van der Waals surface area contributed by atoms with E-state index in [0.717, 1.165) is 62.2 Å². The fraction of sp³-hybridized carbons (Fsp3) is 0.320. The summed E-state index contributed by atoms with van der Waals surface area (Å²) in [5, 5.41) is 4.58. The maximum atomic E-state index is 11.5. The molecule has 1 aliphatic heterocycles. The van der Waals surface area contributed by atoms with Crippen LogP contribution in [0.3, 0.4) is 0 Å². The molecule has 0 bridgehead atoms. The third-order valence-electron chi connectivity index (χ3n) is 6.02. The lowest BCUT2D eigenvalue weighted by Gasteiger charge is -2.36. The Bertz CT molecular complexity index is 1390. The maximum absolute atomic E-state index is 11.5. The summed E-state index contributed by atoms with van der Waals surface area (Å²) in [7, 11) is -4.64. The summed E-state index contributed by atoms with van der Waals surface area (Å²) in [5.74, 6) is 0.811. The molecule has 9 nitrogen and oxygen atoms in total. The minimum Gasteiger partial charge on any atom is -0.494 e. The van der Waals surface area contributed by atoms with Crippen LogP contribution in [-0.2, 0) is 4.57 Å². The number of piperazine rings is 1. The molecule has 2 aromatic heterocycles. The van der Waals surface area contributed by atoms with Gasteiger partial charge >= 0.3 is 7.82 Å². The van der Waals surface area contributed by atoms with Gasteiger partial charge < -0.3 is 29.3 Å². The average molecular weight is 532 g/mol. The molecule has 0 radical (unpaired) electrons. The lowest BCUT2D eigenvalue weighted by atomic mass is 10.2. The Morgan fingerprint density at radius 2 is 1.72 bits per heavy atom. The van der Waals surface area contributed by atoms with Crippen molar-refractivity contribution in [1.82, 2.24) is 9.88 Å². The van der Waals surface area contributed by atoms with Crippen LogP contribution in [0.2, 0.25) is 0 Å². The standard InChI is InChI=1S/C25H27N3O2S.H3O4P/c29-25-9-7-19-6-8-20(18-22(19)26-25)30-16-2-1-11-27-12-14-28(15-13-27)23-4-3-5-24-21(23)10-17-31-24;1-5(2,3)4/h3-10,17-18H,1-2,11-16H2,(H,26,29);(H3,1,2,3,4). The second-order valence-electron chi connectivity index (χ2n) is 8.58. The third kappa shape index (κ3) is 7.64. The minimum absolute atomic E-state index is 0.0863. The Hall–Kier alpha value is -2.72. The van der Waals surface area contributed by atoms with Crippen LogP contribution in [0.4, 0.5) is 5.69 Å². The lowest BCUT2D eigenvalue weighted by molar-refractivity contribution is 0.239. The highest BCUT2D eigenvalue weighted by molar-refractivity contribution is 7.45. The van der Waals surface area contributed by atoms with Gasteiger partial charge in [0, 0.05) is 54.1 Å². The van der Waals surface area contributed by atoms with Crippen molar-refractivity contribution < 1.29 is 24.0 Å². The predicted octanol–water partition coefficient (Wildman–Crippen LogP) is 3.80. The number of nitrogens with zero attached hydrogens (tertiary/aromatic N) is 2. The molecule has 11 heteroatoms. The van der Waals surface area contributed by atoms with Crippen LogP contribution in [0, 0.1) is 0 Å². The SMILES string of the molecule is O=P(O)(O)O.O=c1ccc2ccc(OCCCCN3CCN(c4cccc5sccc45)CC3)cc2[nH]1. The van der Waals surface area contributed by atoms with E-state index in [2.05, 4.69) is 44.4 Å². The molecule has 0 saturated carbocycles. The summed E-state index contributed by atoms with van der Waals surface area (Å²) in [6, 6.07) is 18.1. The summed E-state index contributed by atoms with van der Waals surface area (Å²) in [6.07, 6.45) is 2.16. The zero-order valence-electron chi connectivity index (χ0n) is 19.7. The molecule has 3 heterocycles. The molecule has 0 unspecified atom stereocenters. The number of ether oxygens (including phenoxy) is 1. The van der Waals surface area contributed by atoms with Gasteiger partial charge in [0.25, 0.3) is 0 Å². The van der Waals surface area contributed by atoms with Crippen molar-refractivity contribution in [1.29, 1.82) is 0 Å². The van der Waals surface area contributed by atoms with Crippen molar-refractivity contribution in [2.75, 3.05) is 44.2 Å². The van der Waals surface area contributed by atoms with Crippen LogP contribution in [0.1, 0.15) is 12.8 Å². The number of phosphoric acid groups is 1. The van der Waals surface area contributed by atoms with E-state index in [1.54, 1.807) is 6.07 Å². The van der Waals surface area contributed by atoms with Gasteiger partial charge in [-0.05, 0) is 66.6 Å². The monoisotopic (exact) mass is 531 g/mol. The van der Waals surface area contributed by atoms with Crippen LogP contribution in [-0.4, -0.2) is 63.9 Å². The van der Waals surface area contributed by atoms with Crippen molar-refractivity contribution in [2.45, 2.75) is 12.8 Å². The van der Waals surface area contributed by atoms with Crippen LogP contribution >= 0.6 is 19.2 Å². The van der Waals surface area contributed by atoms with E-state index in [-0.39, 0.29) is 5.56 Å². The molecule has 36 heavy (non-hydrogen) atoms. The number of H-pyrrole nitrogens is 1. The second kappa shape index (κ2) is 12.0. The topological polar surface area (TPSA) is 126 Å². The summed E-state index contributed by atoms with van der Waals surface area (Å²) >= 11 is 1.82. The number of pyridine rings is 1. The number of aromatic nitrogens is 1. The number of thiophene rings is 1. The van der Waals surface area contributed by atoms with E-state index in [4.69, 9.17) is 24.0 Å². The minimum atomic E-state index is -4.64. The maximum Gasteiger partial charge on any atom is 0.466 e. The third-order valence-corrected chi connectivity index (χ3v) is 6.90. The molecule has 4 aromatic rings. The number of aromatic amines is 1. The quantitative estimate of drug-likeness (QED) is 0.210. The molecule has 1 fully saturated rings. The van der Waals surface area contributed by atoms with E-state index in [9.17, 15) is 4.79 Å². The van der Waals surface area contributed by atoms with Crippen LogP contribution in [0.15, 0.2) is 64.8 Å². The molecule has 1 saturated heterocycles. The molecule has 2 aromatic carbocycles. The summed E-state index contributed by atoms with van der Waals surface area (Å²) in [4.78, 5) is 41.0. The van der Waals surface area contributed by atoms with Crippen molar-refractivity contribution in [3.05, 3.63) is 70.3 Å². The first-order valence-corrected chi connectivity index (χ1v) is 14.2. The van der Waals surface area contributed by atoms with Gasteiger partial charge in [-0.1, -0.05) is 6.07 Å². The molecule has 192 valence electrons. The number of rotatable bonds is 7. The van der Waals surface area contributed by atoms with E-state index < -0.39 is 7.82 Å². The Labute approximate surface area is 212 Å². The van der Waals surface area contributed by atoms with Crippen molar-refractivity contribution in [2.24, 2.45) is 0 Å². The zero-order valence-corrected chi connectivity index (χ0v) is 21.5. The van der Waals surface area contributed by atoms with Crippen LogP contribution in [0.5, 0.6) is 5.75 Å². The van der Waals surface area contributed by atoms with Gasteiger partial charge in [-0.25, -0.2) is 4.57 Å². The van der Waals surface area contributed by atoms with Gasteiger partial charge in [0.05, 0.1) is 12.1 Å². The van der Waals surface area contributed by atoms with Crippen molar-refractivity contribution in [3.63, 3.8) is 0 Å². The summed E-state index contributed by atoms with van der Waals surface area (Å²) in [6.45, 7) is 6.20. The first-order chi connectivity index (χ1) is 17.3. The van der Waals surface area contributed by atoms with Gasteiger partial charge in [0.1, 0.15) is 5.75 Å². The Kier molecular flexibility index (Phi) is 8.79. The van der Waals surface area contributed by atoms with Crippen molar-refractivity contribution in [3.8, 4) is 5.75 Å². The van der Waals surface area contributed by atoms with Gasteiger partial charge in [0.2, 0.25) is 5.56 Å². The largest absolute Gasteiger partial charge is 0.494 e. The highest BCUT2D eigenvalue weighted by Gasteiger charge is 2.18. The first kappa shape index (κ1) is 26.3. The molecular formula is C25H30N3O6PS. The number of nitrogens with one attached hydrogen (secondary N) is 1. The zero-order chi connectivity index (χ0) is 25.5. The van der Waals surface area contributed by atoms with Crippen molar-refractivity contribution >= 4 is 45.8 Å². The highest BCUT2D eigenvalue weighted by atomic mass is 32.1. The molecule has 5 rings (SSSR count). The van der Waals surface area contributed by atoms with Gasteiger partial charge in [0.15, 0.2) is 0 Å². The fourth-order valence-electron chi connectivity index (χ4n) is 4.31. The van der Waals surface area contributed by atoms with E-state index in [1.165, 1.54) is 15.8 Å². The normalized spacial score (nSPS) is 14.6. The Morgan fingerprint density at radius 1 is 0.972 bits per heavy atom. The predicted molar refractivity (Wildman–Crippen MR) is 144 cm³/mol. The number of hydrogen-bond acceptors (Lipinski definition) is 6. The fourth-order valence-corrected chi connectivity index (χ4v) is 5.12. The van der Waals surface area contributed by atoms with E-state index >= 15 is 0 Å². The van der Waals surface area contributed by atoms with Crippen LogP contribution < -0.4 is 15.2 Å². The first-order valence-electron chi connectivity index (χ1n) is 11.7. The second-order valence-corrected chi connectivity index (χ2v) is 10.6. The lowest BCUT2D eigenvalue weighted by Crippen LogP contribution is -2.46. The number of benzene rings is 2.